The molecule has 2 heterocycles. The van der Waals surface area contributed by atoms with Crippen LogP contribution in [0.1, 0.15) is 91.0 Å². The van der Waals surface area contributed by atoms with Gasteiger partial charge in [0.15, 0.2) is 11.6 Å². The summed E-state index contributed by atoms with van der Waals surface area (Å²) in [5, 5.41) is 56.3. The molecule has 0 fully saturated rings. The Hall–Kier alpha value is -4.48. The quantitative estimate of drug-likeness (QED) is 0.207. The molecule has 6 N–H and O–H groups in total. The fraction of sp³-hybridized carbons (Fsp3) is 0.400. The number of allylic oxidation sites excluding steroid dienone is 7. The molecule has 0 aromatic heterocycles. The third-order valence-corrected chi connectivity index (χ3v) is 9.18. The van der Waals surface area contributed by atoms with Crippen LogP contribution in [0.3, 0.4) is 0 Å². The molecule has 4 rings (SSSR count). The van der Waals surface area contributed by atoms with Gasteiger partial charge in [-0.3, -0.25) is 19.2 Å². The Bertz CT molecular complexity index is 1720. The number of carbonyl (C=O) groups is 4. The molecule has 10 nitrogen and oxygen atoms in total. The van der Waals surface area contributed by atoms with Crippen LogP contribution in [0.2, 0.25) is 0 Å². The predicted molar refractivity (Wildman–Crippen MR) is 192 cm³/mol. The lowest BCUT2D eigenvalue weighted by Gasteiger charge is -2.22. The summed E-state index contributed by atoms with van der Waals surface area (Å²) >= 11 is 0. The highest BCUT2D eigenvalue weighted by Crippen LogP contribution is 2.35. The summed E-state index contributed by atoms with van der Waals surface area (Å²) in [6, 6.07) is 1.31. The van der Waals surface area contributed by atoms with E-state index >= 15 is 0 Å². The summed E-state index contributed by atoms with van der Waals surface area (Å²) in [6.07, 6.45) is 12.2. The number of aromatic hydroxyl groups is 1. The Balaban J connectivity index is 2.04. The Kier molecular flexibility index (Phi) is 13.9. The van der Waals surface area contributed by atoms with Crippen LogP contribution in [0.5, 0.6) is 5.75 Å². The molecular weight excluding hydrogens is 638 g/mol. The number of rotatable bonds is 0. The van der Waals surface area contributed by atoms with Gasteiger partial charge in [-0.25, -0.2) is 0 Å². The van der Waals surface area contributed by atoms with Gasteiger partial charge in [0.1, 0.15) is 5.75 Å². The van der Waals surface area contributed by atoms with E-state index in [-0.39, 0.29) is 57.9 Å². The third-order valence-electron chi connectivity index (χ3n) is 9.18. The van der Waals surface area contributed by atoms with Gasteiger partial charge in [0, 0.05) is 47.0 Å². The lowest BCUT2D eigenvalue weighted by molar-refractivity contribution is -0.116. The lowest BCUT2D eigenvalue weighted by Crippen LogP contribution is -2.32. The van der Waals surface area contributed by atoms with Crippen LogP contribution >= 0.6 is 0 Å². The minimum absolute atomic E-state index is 0.0843. The summed E-state index contributed by atoms with van der Waals surface area (Å²) in [5.41, 5.74) is 0.137. The van der Waals surface area contributed by atoms with Crippen LogP contribution in [0.4, 0.5) is 0 Å². The van der Waals surface area contributed by atoms with E-state index in [9.17, 15) is 44.7 Å². The number of carbonyl (C=O) groups excluding carboxylic acids is 4. The third kappa shape index (κ3) is 9.82. The molecule has 50 heavy (non-hydrogen) atoms. The molecule has 2 aliphatic heterocycles. The van der Waals surface area contributed by atoms with Crippen LogP contribution in [0.25, 0.3) is 0 Å². The maximum absolute atomic E-state index is 13.8. The fourth-order valence-corrected chi connectivity index (χ4v) is 5.71. The number of benzene rings is 1. The number of hydrogen-bond acceptors (Lipinski definition) is 9. The van der Waals surface area contributed by atoms with Crippen molar-refractivity contribution < 1.29 is 44.7 Å². The lowest BCUT2D eigenvalue weighted by atomic mass is 9.83. The van der Waals surface area contributed by atoms with Crippen molar-refractivity contribution in [2.45, 2.75) is 85.7 Å². The number of phenolic OH excluding ortho intramolecular Hbond substituents is 1. The number of phenols is 1. The van der Waals surface area contributed by atoms with Crippen LogP contribution in [-0.2, 0) is 4.79 Å². The Morgan fingerprint density at radius 1 is 0.760 bits per heavy atom. The molecule has 3 aliphatic rings. The van der Waals surface area contributed by atoms with E-state index in [4.69, 9.17) is 0 Å². The molecule has 1 aliphatic carbocycles. The summed E-state index contributed by atoms with van der Waals surface area (Å²) < 4.78 is 0. The summed E-state index contributed by atoms with van der Waals surface area (Å²) in [4.78, 5) is 53.6. The highest BCUT2D eigenvalue weighted by molar-refractivity contribution is 6.30. The van der Waals surface area contributed by atoms with Crippen LogP contribution < -0.4 is 5.32 Å². The van der Waals surface area contributed by atoms with Gasteiger partial charge >= 0.3 is 0 Å². The number of ketones is 3. The van der Waals surface area contributed by atoms with Crippen molar-refractivity contribution in [2.75, 3.05) is 0 Å². The molecule has 7 atom stereocenters. The van der Waals surface area contributed by atoms with E-state index in [1.54, 1.807) is 70.2 Å². The zero-order valence-corrected chi connectivity index (χ0v) is 29.7. The molecule has 1 unspecified atom stereocenters. The van der Waals surface area contributed by atoms with E-state index in [0.29, 0.717) is 5.57 Å². The molecule has 0 radical (unpaired) electrons. The minimum atomic E-state index is -0.973. The highest BCUT2D eigenvalue weighted by Gasteiger charge is 2.34. The van der Waals surface area contributed by atoms with Gasteiger partial charge in [-0.15, -0.1) is 0 Å². The van der Waals surface area contributed by atoms with Gasteiger partial charge < -0.3 is 30.8 Å². The second-order valence-corrected chi connectivity index (χ2v) is 13.4. The summed E-state index contributed by atoms with van der Waals surface area (Å²) in [7, 11) is 0. The first-order valence-electron chi connectivity index (χ1n) is 16.7. The van der Waals surface area contributed by atoms with Gasteiger partial charge in [-0.1, -0.05) is 75.5 Å². The number of amides is 1. The average Bonchev–Trinajstić information content (AvgIpc) is 3.07. The minimum Gasteiger partial charge on any atom is -0.507 e. The molecule has 0 saturated heterocycles. The average molecular weight is 688 g/mol. The topological polar surface area (TPSA) is 181 Å². The summed E-state index contributed by atoms with van der Waals surface area (Å²) in [5.74, 6) is -4.53. The number of aryl methyl sites for hydroxylation is 1. The van der Waals surface area contributed by atoms with Gasteiger partial charge in [-0.2, -0.15) is 0 Å². The van der Waals surface area contributed by atoms with Gasteiger partial charge in [0.2, 0.25) is 5.78 Å². The second-order valence-electron chi connectivity index (χ2n) is 13.4. The second kappa shape index (κ2) is 17.4. The van der Waals surface area contributed by atoms with E-state index in [0.717, 1.165) is 6.08 Å². The highest BCUT2D eigenvalue weighted by atomic mass is 16.3. The smallest absolute Gasteiger partial charge is 0.251 e. The fourth-order valence-electron chi connectivity index (χ4n) is 5.71. The first-order chi connectivity index (χ1) is 23.4. The zero-order valence-electron chi connectivity index (χ0n) is 29.7. The van der Waals surface area contributed by atoms with Crippen LogP contribution in [0, 0.1) is 24.7 Å². The Labute approximate surface area is 293 Å². The zero-order chi connectivity index (χ0) is 37.4. The molecule has 4 bridgehead atoms. The van der Waals surface area contributed by atoms with E-state index in [1.807, 2.05) is 0 Å². The van der Waals surface area contributed by atoms with Crippen molar-refractivity contribution in [3.8, 4) is 5.75 Å². The number of nitrogens with one attached hydrogen (secondary N) is 1. The predicted octanol–water partition coefficient (Wildman–Crippen LogP) is 4.92. The van der Waals surface area contributed by atoms with E-state index in [2.05, 4.69) is 5.32 Å². The SMILES string of the molecule is C/C1=C/C=C\C=C/[C@H](C)[C@@H](O)CC(O)/C(C)=C\C[C@H](O)/C=C\[C@H](C)[C@H](O)[C@@H](C)/C=C(/C)C(=O)c2c(O)c(C)cc3c2C(=O)C=C(NC1=O)C3=O. The first-order valence-corrected chi connectivity index (χ1v) is 16.7. The number of Topliss-reactive ketones (excluding diaryl/α,β-unsaturated/α-hetero) is 2. The maximum atomic E-state index is 13.8. The Morgan fingerprint density at radius 2 is 1.44 bits per heavy atom. The summed E-state index contributed by atoms with van der Waals surface area (Å²) in [6.45, 7) is 11.5. The maximum Gasteiger partial charge on any atom is 0.251 e. The first kappa shape index (κ1) is 40.0. The molecule has 1 amide bonds. The van der Waals surface area contributed by atoms with Crippen molar-refractivity contribution in [1.29, 1.82) is 0 Å². The molecular formula is C40H49NO9. The van der Waals surface area contributed by atoms with E-state index in [1.165, 1.54) is 39.0 Å². The molecule has 0 spiro atoms. The van der Waals surface area contributed by atoms with Crippen LogP contribution in [-0.4, -0.2) is 73.2 Å². The Morgan fingerprint density at radius 3 is 2.12 bits per heavy atom. The van der Waals surface area contributed by atoms with Gasteiger partial charge in [0.05, 0.1) is 35.7 Å². The van der Waals surface area contributed by atoms with Crippen molar-refractivity contribution >= 4 is 23.3 Å². The molecule has 268 valence electrons. The monoisotopic (exact) mass is 687 g/mol. The number of aliphatic hydroxyl groups is 4. The normalized spacial score (nSPS) is 33.2. The van der Waals surface area contributed by atoms with Crippen molar-refractivity contribution in [3.05, 3.63) is 111 Å². The van der Waals surface area contributed by atoms with Gasteiger partial charge in [-0.05, 0) is 56.9 Å². The molecule has 0 saturated carbocycles. The largest absolute Gasteiger partial charge is 0.507 e. The number of hydrogen-bond donors (Lipinski definition) is 6. The number of aliphatic hydroxyl groups excluding tert-OH is 4. The molecule has 1 aromatic carbocycles. The van der Waals surface area contributed by atoms with Crippen molar-refractivity contribution in [3.63, 3.8) is 0 Å². The van der Waals surface area contributed by atoms with Crippen LogP contribution in [0.15, 0.2) is 89.2 Å². The standard InChI is InChI=1S/C40H49NO9/c1-21-11-9-8-10-12-24(4)40(50)41-30-19-33(45)34-29(39(30)49)18-27(7)38(48)35(34)37(47)26(6)17-25(5)36(46)23(3)14-16-28(42)15-13-22(2)32(44)20-31(21)43/h8-14,16-19,21,23,25,28,31-32,36,42-44,46,48H,15,20H2,1-7H3,(H,41,50)/b10-8-,11-9-,16-14-,22-13-,24-12-,26-17-/t21-,23-,25-,28-,31-,32?,36-/m0/s1. The van der Waals surface area contributed by atoms with Crippen molar-refractivity contribution in [2.24, 2.45) is 17.8 Å². The van der Waals surface area contributed by atoms with Gasteiger partial charge in [0.25, 0.3) is 5.91 Å². The molecule has 1 aromatic rings. The van der Waals surface area contributed by atoms with Crippen molar-refractivity contribution in [1.82, 2.24) is 5.32 Å². The van der Waals surface area contributed by atoms with E-state index < -0.39 is 65.3 Å². The molecule has 10 heteroatoms. The number of fused-ring (bicyclic) bond motifs is 18.